The summed E-state index contributed by atoms with van der Waals surface area (Å²) in [6.45, 7) is 1.17. The molecule has 2 N–H and O–H groups in total. The Balaban J connectivity index is 2.06. The van der Waals surface area contributed by atoms with Crippen molar-refractivity contribution in [2.75, 3.05) is 33.4 Å². The zero-order valence-corrected chi connectivity index (χ0v) is 18.0. The Morgan fingerprint density at radius 1 is 1.17 bits per heavy atom. The van der Waals surface area contributed by atoms with E-state index in [2.05, 4.69) is 10.3 Å². The number of nitrogens with zero attached hydrogens (tertiary/aromatic N) is 2. The molecule has 0 fully saturated rings. The molecule has 0 saturated carbocycles. The third kappa shape index (κ3) is 4.90. The number of thioether (sulfide) groups is 1. The van der Waals surface area contributed by atoms with Crippen LogP contribution in [-0.2, 0) is 0 Å². The smallest absolute Gasteiger partial charge is 0.278 e. The number of carbonyl (C=O) groups excluding carboxylic acids is 1. The number of carbonyl (C=O) groups is 1. The highest BCUT2D eigenvalue weighted by Crippen LogP contribution is 2.34. The third-order valence-electron chi connectivity index (χ3n) is 4.68. The molecule has 1 heterocycles. The number of likely N-dealkylation sites (N-methyl/N-ethyl adjacent to an activating group) is 1. The molecule has 0 aliphatic carbocycles. The van der Waals surface area contributed by atoms with Crippen molar-refractivity contribution in [2.45, 2.75) is 4.90 Å². The lowest BCUT2D eigenvalue weighted by Gasteiger charge is -2.10. The van der Waals surface area contributed by atoms with Crippen LogP contribution in [0.5, 0.6) is 0 Å². The second-order valence-electron chi connectivity index (χ2n) is 7.03. The van der Waals surface area contributed by atoms with Crippen LogP contribution in [-0.4, -0.2) is 54.2 Å². The normalized spacial score (nSPS) is 10.9. The number of hydrogen-bond acceptors (Lipinski definition) is 5. The summed E-state index contributed by atoms with van der Waals surface area (Å²) in [5.41, 5.74) is 2.78. The van der Waals surface area contributed by atoms with Gasteiger partial charge in [-0.25, -0.2) is 0 Å². The van der Waals surface area contributed by atoms with Crippen molar-refractivity contribution in [2.24, 2.45) is 0 Å². The molecule has 0 aliphatic rings. The van der Waals surface area contributed by atoms with Gasteiger partial charge >= 0.3 is 0 Å². The zero-order valence-electron chi connectivity index (χ0n) is 17.1. The average Bonchev–Trinajstić information content (AvgIpc) is 3.19. The SMILES string of the molecule is CSc1ccc(-c2cc(C(=O)NCCN(C)C)c(-c3ccccc3[N+](=O)[O-])[nH]2)cc1. The topological polar surface area (TPSA) is 91.3 Å². The lowest BCUT2D eigenvalue weighted by atomic mass is 10.1. The molecule has 0 aliphatic heterocycles. The van der Waals surface area contributed by atoms with Crippen molar-refractivity contribution in [3.05, 3.63) is 70.3 Å². The van der Waals surface area contributed by atoms with E-state index in [9.17, 15) is 14.9 Å². The van der Waals surface area contributed by atoms with E-state index in [1.165, 1.54) is 6.07 Å². The standard InChI is InChI=1S/C22H24N4O3S/c1-25(2)13-12-23-22(27)18-14-19(15-8-10-16(30-3)11-9-15)24-21(18)17-6-4-5-7-20(17)26(28)29/h4-11,14,24H,12-13H2,1-3H3,(H,23,27). The van der Waals surface area contributed by atoms with E-state index < -0.39 is 4.92 Å². The van der Waals surface area contributed by atoms with Crippen LogP contribution in [0.2, 0.25) is 0 Å². The lowest BCUT2D eigenvalue weighted by Crippen LogP contribution is -2.31. The first-order chi connectivity index (χ1) is 14.4. The van der Waals surface area contributed by atoms with Crippen LogP contribution in [0.4, 0.5) is 5.69 Å². The molecular weight excluding hydrogens is 400 g/mol. The molecule has 0 atom stereocenters. The predicted molar refractivity (Wildman–Crippen MR) is 121 cm³/mol. The van der Waals surface area contributed by atoms with Crippen LogP contribution in [0.25, 0.3) is 22.5 Å². The minimum Gasteiger partial charge on any atom is -0.354 e. The quantitative estimate of drug-likeness (QED) is 0.320. The molecule has 2 aromatic carbocycles. The maximum atomic E-state index is 12.9. The summed E-state index contributed by atoms with van der Waals surface area (Å²) in [5.74, 6) is -0.270. The van der Waals surface area contributed by atoms with Gasteiger partial charge < -0.3 is 15.2 Å². The van der Waals surface area contributed by atoms with Gasteiger partial charge in [0.2, 0.25) is 0 Å². The molecule has 3 rings (SSSR count). The van der Waals surface area contributed by atoms with E-state index >= 15 is 0 Å². The molecule has 30 heavy (non-hydrogen) atoms. The molecule has 0 radical (unpaired) electrons. The average molecular weight is 425 g/mol. The number of nitrogens with one attached hydrogen (secondary N) is 2. The van der Waals surface area contributed by atoms with Gasteiger partial charge in [-0.3, -0.25) is 14.9 Å². The minimum atomic E-state index is -0.434. The molecule has 156 valence electrons. The van der Waals surface area contributed by atoms with E-state index in [1.807, 2.05) is 49.5 Å². The first-order valence-electron chi connectivity index (χ1n) is 9.45. The maximum absolute atomic E-state index is 12.9. The number of nitro groups is 1. The Kier molecular flexibility index (Phi) is 6.91. The lowest BCUT2D eigenvalue weighted by molar-refractivity contribution is -0.384. The van der Waals surface area contributed by atoms with E-state index in [0.717, 1.165) is 16.2 Å². The molecular formula is C22H24N4O3S. The predicted octanol–water partition coefficient (Wildman–Crippen LogP) is 4.27. The Labute approximate surface area is 179 Å². The summed E-state index contributed by atoms with van der Waals surface area (Å²) >= 11 is 1.65. The Bertz CT molecular complexity index is 1040. The van der Waals surface area contributed by atoms with Crippen molar-refractivity contribution in [1.29, 1.82) is 0 Å². The summed E-state index contributed by atoms with van der Waals surface area (Å²) in [5, 5.41) is 14.5. The van der Waals surface area contributed by atoms with Gasteiger partial charge in [0.1, 0.15) is 0 Å². The molecule has 0 spiro atoms. The van der Waals surface area contributed by atoms with E-state index in [4.69, 9.17) is 0 Å². The van der Waals surface area contributed by atoms with Gasteiger partial charge in [-0.2, -0.15) is 0 Å². The summed E-state index contributed by atoms with van der Waals surface area (Å²) in [6, 6.07) is 16.1. The van der Waals surface area contributed by atoms with Gasteiger partial charge in [0, 0.05) is 29.7 Å². The molecule has 0 bridgehead atoms. The third-order valence-corrected chi connectivity index (χ3v) is 5.42. The number of nitro benzene ring substituents is 1. The van der Waals surface area contributed by atoms with Crippen molar-refractivity contribution >= 4 is 23.4 Å². The maximum Gasteiger partial charge on any atom is 0.278 e. The van der Waals surface area contributed by atoms with Gasteiger partial charge in [0.05, 0.1) is 21.7 Å². The van der Waals surface area contributed by atoms with Crippen LogP contribution in [0.1, 0.15) is 10.4 Å². The zero-order chi connectivity index (χ0) is 21.7. The van der Waals surface area contributed by atoms with Crippen molar-refractivity contribution in [3.8, 4) is 22.5 Å². The fraction of sp³-hybridized carbons (Fsp3) is 0.227. The highest BCUT2D eigenvalue weighted by molar-refractivity contribution is 7.98. The van der Waals surface area contributed by atoms with E-state index in [1.54, 1.807) is 36.0 Å². The summed E-state index contributed by atoms with van der Waals surface area (Å²) in [7, 11) is 3.86. The number of aromatic nitrogens is 1. The number of benzene rings is 2. The second kappa shape index (κ2) is 9.60. The van der Waals surface area contributed by atoms with Crippen molar-refractivity contribution in [1.82, 2.24) is 15.2 Å². The van der Waals surface area contributed by atoms with Gasteiger partial charge in [-0.05, 0) is 50.2 Å². The largest absolute Gasteiger partial charge is 0.354 e. The summed E-state index contributed by atoms with van der Waals surface area (Å²) in [6.07, 6.45) is 2.01. The molecule has 1 aromatic heterocycles. The molecule has 0 saturated heterocycles. The summed E-state index contributed by atoms with van der Waals surface area (Å²) < 4.78 is 0. The van der Waals surface area contributed by atoms with Crippen LogP contribution in [0, 0.1) is 10.1 Å². The number of aromatic amines is 1. The highest BCUT2D eigenvalue weighted by atomic mass is 32.2. The van der Waals surface area contributed by atoms with Crippen LogP contribution in [0.15, 0.2) is 59.5 Å². The molecule has 0 unspecified atom stereocenters. The van der Waals surface area contributed by atoms with Gasteiger partial charge in [-0.15, -0.1) is 11.8 Å². The molecule has 1 amide bonds. The molecule has 3 aromatic rings. The van der Waals surface area contributed by atoms with Crippen LogP contribution >= 0.6 is 11.8 Å². The minimum absolute atomic E-state index is 0.0500. The monoisotopic (exact) mass is 424 g/mol. The van der Waals surface area contributed by atoms with E-state index in [0.29, 0.717) is 29.9 Å². The van der Waals surface area contributed by atoms with Gasteiger partial charge in [0.15, 0.2) is 0 Å². The first-order valence-corrected chi connectivity index (χ1v) is 10.7. The molecule has 8 heteroatoms. The summed E-state index contributed by atoms with van der Waals surface area (Å²) in [4.78, 5) is 30.4. The van der Waals surface area contributed by atoms with Gasteiger partial charge in [0.25, 0.3) is 11.6 Å². The second-order valence-corrected chi connectivity index (χ2v) is 7.91. The Morgan fingerprint density at radius 3 is 2.50 bits per heavy atom. The van der Waals surface area contributed by atoms with Crippen LogP contribution in [0.3, 0.4) is 0 Å². The fourth-order valence-electron chi connectivity index (χ4n) is 3.10. The fourth-order valence-corrected chi connectivity index (χ4v) is 3.51. The number of rotatable bonds is 8. The van der Waals surface area contributed by atoms with Gasteiger partial charge in [-0.1, -0.05) is 24.3 Å². The van der Waals surface area contributed by atoms with E-state index in [-0.39, 0.29) is 11.6 Å². The number of para-hydroxylation sites is 1. The van der Waals surface area contributed by atoms with Crippen molar-refractivity contribution < 1.29 is 9.72 Å². The number of hydrogen-bond donors (Lipinski definition) is 2. The first kappa shape index (κ1) is 21.6. The number of amides is 1. The Morgan fingerprint density at radius 2 is 1.87 bits per heavy atom. The number of H-pyrrole nitrogens is 1. The molecule has 7 nitrogen and oxygen atoms in total. The highest BCUT2D eigenvalue weighted by Gasteiger charge is 2.23. The van der Waals surface area contributed by atoms with Crippen molar-refractivity contribution in [3.63, 3.8) is 0 Å². The Hall–Kier alpha value is -3.10. The van der Waals surface area contributed by atoms with Crippen LogP contribution < -0.4 is 5.32 Å².